The Labute approximate surface area is 87.2 Å². The van der Waals surface area contributed by atoms with E-state index in [1.807, 2.05) is 0 Å². The highest BCUT2D eigenvalue weighted by atomic mass is 35.5. The molecule has 0 aliphatic rings. The third-order valence-electron chi connectivity index (χ3n) is 1.56. The maximum Gasteiger partial charge on any atom is 0.223 e. The first-order valence-electron chi connectivity index (χ1n) is 4.17. The van der Waals surface area contributed by atoms with Crippen molar-refractivity contribution in [2.75, 3.05) is 13.7 Å². The lowest BCUT2D eigenvalue weighted by Crippen LogP contribution is -2.20. The molecule has 0 unspecified atom stereocenters. The van der Waals surface area contributed by atoms with Gasteiger partial charge < -0.3 is 10.1 Å². The lowest BCUT2D eigenvalue weighted by molar-refractivity contribution is -0.121. The molecule has 0 spiro atoms. The van der Waals surface area contributed by atoms with Crippen LogP contribution in [-0.4, -0.2) is 24.5 Å². The number of carbonyl (C=O) groups is 1. The molecule has 1 aromatic heterocycles. The minimum Gasteiger partial charge on any atom is -0.477 e. The summed E-state index contributed by atoms with van der Waals surface area (Å²) in [5, 5.41) is 3.06. The Morgan fingerprint density at radius 1 is 1.64 bits per heavy atom. The van der Waals surface area contributed by atoms with Gasteiger partial charge in [-0.15, -0.1) is 0 Å². The number of nitrogens with one attached hydrogen (secondary N) is 1. The molecule has 0 aliphatic heterocycles. The highest BCUT2D eigenvalue weighted by Crippen LogP contribution is 2.11. The van der Waals surface area contributed by atoms with E-state index in [9.17, 15) is 4.79 Å². The van der Waals surface area contributed by atoms with Gasteiger partial charge in [0.1, 0.15) is 0 Å². The van der Waals surface area contributed by atoms with Gasteiger partial charge in [-0.1, -0.05) is 11.6 Å². The average Bonchev–Trinajstić information content (AvgIpc) is 2.21. The van der Waals surface area contributed by atoms with E-state index in [4.69, 9.17) is 16.3 Å². The monoisotopic (exact) mass is 214 g/mol. The molecule has 0 atom stereocenters. The summed E-state index contributed by atoms with van der Waals surface area (Å²) in [6.07, 6.45) is 1.82. The number of rotatable bonds is 4. The van der Waals surface area contributed by atoms with E-state index < -0.39 is 0 Å². The Kier molecular flexibility index (Phi) is 4.19. The Morgan fingerprint density at radius 3 is 3.00 bits per heavy atom. The van der Waals surface area contributed by atoms with Crippen molar-refractivity contribution in [1.82, 2.24) is 10.3 Å². The lowest BCUT2D eigenvalue weighted by atomic mass is 10.4. The van der Waals surface area contributed by atoms with Crippen molar-refractivity contribution in [1.29, 1.82) is 0 Å². The molecule has 0 saturated heterocycles. The van der Waals surface area contributed by atoms with Crippen LogP contribution in [0, 0.1) is 0 Å². The van der Waals surface area contributed by atoms with Gasteiger partial charge in [0.05, 0.1) is 18.1 Å². The van der Waals surface area contributed by atoms with Gasteiger partial charge in [0.2, 0.25) is 11.8 Å². The SMILES string of the molecule is CNC(=O)CCOc1ccc(Cl)cn1. The summed E-state index contributed by atoms with van der Waals surface area (Å²) in [7, 11) is 1.59. The van der Waals surface area contributed by atoms with Crippen molar-refractivity contribution in [2.24, 2.45) is 0 Å². The van der Waals surface area contributed by atoms with Crippen molar-refractivity contribution in [3.8, 4) is 5.88 Å². The standard InChI is InChI=1S/C9H11ClN2O2/c1-11-8(13)4-5-14-9-3-2-7(10)6-12-9/h2-3,6H,4-5H2,1H3,(H,11,13). The number of carbonyl (C=O) groups excluding carboxylic acids is 1. The zero-order valence-electron chi connectivity index (χ0n) is 7.79. The van der Waals surface area contributed by atoms with Crippen LogP contribution in [0.15, 0.2) is 18.3 Å². The summed E-state index contributed by atoms with van der Waals surface area (Å²) < 4.78 is 5.20. The molecule has 0 bridgehead atoms. The predicted molar refractivity (Wildman–Crippen MR) is 53.4 cm³/mol. The fraction of sp³-hybridized carbons (Fsp3) is 0.333. The fourth-order valence-electron chi connectivity index (χ4n) is 0.821. The van der Waals surface area contributed by atoms with E-state index in [-0.39, 0.29) is 5.91 Å². The van der Waals surface area contributed by atoms with E-state index in [1.54, 1.807) is 19.2 Å². The topological polar surface area (TPSA) is 51.2 Å². The van der Waals surface area contributed by atoms with Gasteiger partial charge in [0.25, 0.3) is 0 Å². The molecule has 76 valence electrons. The molecule has 0 saturated carbocycles. The van der Waals surface area contributed by atoms with Crippen LogP contribution in [0.3, 0.4) is 0 Å². The Hall–Kier alpha value is -1.29. The first kappa shape index (κ1) is 10.8. The maximum atomic E-state index is 10.8. The average molecular weight is 215 g/mol. The molecule has 0 fully saturated rings. The van der Waals surface area contributed by atoms with Gasteiger partial charge in [-0.25, -0.2) is 4.98 Å². The minimum atomic E-state index is -0.0565. The number of hydrogen-bond acceptors (Lipinski definition) is 3. The molecule has 0 radical (unpaired) electrons. The van der Waals surface area contributed by atoms with Crippen LogP contribution in [0.1, 0.15) is 6.42 Å². The van der Waals surface area contributed by atoms with Gasteiger partial charge >= 0.3 is 0 Å². The lowest BCUT2D eigenvalue weighted by Gasteiger charge is -2.03. The summed E-state index contributed by atoms with van der Waals surface area (Å²) in [6.45, 7) is 0.314. The molecular formula is C9H11ClN2O2. The van der Waals surface area contributed by atoms with Gasteiger partial charge in [-0.2, -0.15) is 0 Å². The van der Waals surface area contributed by atoms with E-state index >= 15 is 0 Å². The van der Waals surface area contributed by atoms with Crippen LogP contribution in [0.4, 0.5) is 0 Å². The van der Waals surface area contributed by atoms with Gasteiger partial charge in [-0.3, -0.25) is 4.79 Å². The van der Waals surface area contributed by atoms with Crippen molar-refractivity contribution >= 4 is 17.5 Å². The van der Waals surface area contributed by atoms with Crippen molar-refractivity contribution < 1.29 is 9.53 Å². The molecule has 1 amide bonds. The summed E-state index contributed by atoms with van der Waals surface area (Å²) in [5.74, 6) is 0.414. The van der Waals surface area contributed by atoms with Gasteiger partial charge in [0, 0.05) is 19.3 Å². The van der Waals surface area contributed by atoms with E-state index in [1.165, 1.54) is 6.20 Å². The molecule has 0 aromatic carbocycles. The summed E-state index contributed by atoms with van der Waals surface area (Å²) in [4.78, 5) is 14.7. The second-order valence-corrected chi connectivity index (χ2v) is 3.02. The Bertz CT molecular complexity index is 300. The third kappa shape index (κ3) is 3.62. The van der Waals surface area contributed by atoms with E-state index in [0.717, 1.165) is 0 Å². The number of ether oxygens (including phenoxy) is 1. The van der Waals surface area contributed by atoms with Crippen LogP contribution in [0.2, 0.25) is 5.02 Å². The molecule has 1 rings (SSSR count). The number of hydrogen-bond donors (Lipinski definition) is 1. The summed E-state index contributed by atoms with van der Waals surface area (Å²) in [6, 6.07) is 3.34. The van der Waals surface area contributed by atoms with Crippen LogP contribution >= 0.6 is 11.6 Å². The fourth-order valence-corrected chi connectivity index (χ4v) is 0.933. The van der Waals surface area contributed by atoms with Gasteiger partial charge in [0.15, 0.2) is 0 Å². The molecule has 0 aliphatic carbocycles. The zero-order valence-corrected chi connectivity index (χ0v) is 8.54. The van der Waals surface area contributed by atoms with Crippen LogP contribution in [0.25, 0.3) is 0 Å². The van der Waals surface area contributed by atoms with Crippen LogP contribution in [-0.2, 0) is 4.79 Å². The number of nitrogens with zero attached hydrogens (tertiary/aromatic N) is 1. The minimum absolute atomic E-state index is 0.0565. The summed E-state index contributed by atoms with van der Waals surface area (Å²) >= 11 is 5.64. The Morgan fingerprint density at radius 2 is 2.43 bits per heavy atom. The molecule has 1 heterocycles. The zero-order chi connectivity index (χ0) is 10.4. The van der Waals surface area contributed by atoms with E-state index in [2.05, 4.69) is 10.3 Å². The normalized spacial score (nSPS) is 9.57. The van der Waals surface area contributed by atoms with E-state index in [0.29, 0.717) is 23.9 Å². The first-order valence-corrected chi connectivity index (χ1v) is 4.55. The number of aromatic nitrogens is 1. The van der Waals surface area contributed by atoms with Crippen molar-refractivity contribution in [3.63, 3.8) is 0 Å². The highest BCUT2D eigenvalue weighted by molar-refractivity contribution is 6.30. The highest BCUT2D eigenvalue weighted by Gasteiger charge is 1.99. The molecule has 5 heteroatoms. The quantitative estimate of drug-likeness (QED) is 0.821. The van der Waals surface area contributed by atoms with Crippen LogP contribution < -0.4 is 10.1 Å². The molecule has 1 aromatic rings. The molecule has 14 heavy (non-hydrogen) atoms. The maximum absolute atomic E-state index is 10.8. The number of halogens is 1. The smallest absolute Gasteiger partial charge is 0.223 e. The van der Waals surface area contributed by atoms with Crippen molar-refractivity contribution in [2.45, 2.75) is 6.42 Å². The second-order valence-electron chi connectivity index (χ2n) is 2.59. The second kappa shape index (κ2) is 5.44. The molecular weight excluding hydrogens is 204 g/mol. The first-order chi connectivity index (χ1) is 6.72. The summed E-state index contributed by atoms with van der Waals surface area (Å²) in [5.41, 5.74) is 0. The third-order valence-corrected chi connectivity index (χ3v) is 1.78. The number of pyridine rings is 1. The van der Waals surface area contributed by atoms with Crippen molar-refractivity contribution in [3.05, 3.63) is 23.4 Å². The molecule has 4 nitrogen and oxygen atoms in total. The van der Waals surface area contributed by atoms with Crippen LogP contribution in [0.5, 0.6) is 5.88 Å². The Balaban J connectivity index is 2.31. The predicted octanol–water partition coefficient (Wildman–Crippen LogP) is 1.25. The molecule has 1 N–H and O–H groups in total. The number of amides is 1. The largest absolute Gasteiger partial charge is 0.477 e. The van der Waals surface area contributed by atoms with Gasteiger partial charge in [-0.05, 0) is 6.07 Å².